The van der Waals surface area contributed by atoms with Gasteiger partial charge in [-0.1, -0.05) is 13.8 Å². The SMILES string of the molecule is CCN(CC)Cc1csc(CNC(C)(C)C)n1. The molecule has 0 unspecified atom stereocenters. The summed E-state index contributed by atoms with van der Waals surface area (Å²) < 4.78 is 0. The van der Waals surface area contributed by atoms with E-state index in [1.54, 1.807) is 11.3 Å². The lowest BCUT2D eigenvalue weighted by Gasteiger charge is -2.19. The first-order chi connectivity index (χ1) is 7.94. The zero-order valence-corrected chi connectivity index (χ0v) is 12.5. The van der Waals surface area contributed by atoms with Gasteiger partial charge in [0.05, 0.1) is 5.69 Å². The predicted octanol–water partition coefficient (Wildman–Crippen LogP) is 2.87. The fourth-order valence-corrected chi connectivity index (χ4v) is 2.24. The van der Waals surface area contributed by atoms with E-state index < -0.39 is 0 Å². The third kappa shape index (κ3) is 5.61. The minimum absolute atomic E-state index is 0.157. The molecule has 17 heavy (non-hydrogen) atoms. The van der Waals surface area contributed by atoms with Crippen LogP contribution in [0.3, 0.4) is 0 Å². The van der Waals surface area contributed by atoms with E-state index >= 15 is 0 Å². The molecule has 0 aliphatic carbocycles. The molecule has 98 valence electrons. The van der Waals surface area contributed by atoms with Gasteiger partial charge in [0.1, 0.15) is 5.01 Å². The molecule has 1 N–H and O–H groups in total. The Hall–Kier alpha value is -0.450. The smallest absolute Gasteiger partial charge is 0.107 e. The molecule has 0 aliphatic heterocycles. The van der Waals surface area contributed by atoms with Crippen LogP contribution in [-0.2, 0) is 13.1 Å². The first-order valence-electron chi connectivity index (χ1n) is 6.35. The van der Waals surface area contributed by atoms with Crippen LogP contribution in [0.15, 0.2) is 5.38 Å². The highest BCUT2D eigenvalue weighted by Gasteiger charge is 2.11. The van der Waals surface area contributed by atoms with Gasteiger partial charge in [-0.2, -0.15) is 0 Å². The van der Waals surface area contributed by atoms with Gasteiger partial charge in [-0.3, -0.25) is 4.90 Å². The van der Waals surface area contributed by atoms with Crippen LogP contribution in [0.25, 0.3) is 0 Å². The van der Waals surface area contributed by atoms with Crippen LogP contribution >= 0.6 is 11.3 Å². The van der Waals surface area contributed by atoms with E-state index in [0.717, 1.165) is 26.2 Å². The van der Waals surface area contributed by atoms with Crippen LogP contribution < -0.4 is 5.32 Å². The molecule has 0 radical (unpaired) electrons. The van der Waals surface area contributed by atoms with Crippen molar-refractivity contribution >= 4 is 11.3 Å². The third-order valence-electron chi connectivity index (χ3n) is 2.65. The summed E-state index contributed by atoms with van der Waals surface area (Å²) in [6.07, 6.45) is 0. The average molecular weight is 255 g/mol. The maximum Gasteiger partial charge on any atom is 0.107 e. The van der Waals surface area contributed by atoms with Crippen molar-refractivity contribution in [2.45, 2.75) is 53.2 Å². The van der Waals surface area contributed by atoms with Gasteiger partial charge >= 0.3 is 0 Å². The fraction of sp³-hybridized carbons (Fsp3) is 0.769. The quantitative estimate of drug-likeness (QED) is 0.847. The molecule has 0 bridgehead atoms. The number of nitrogens with zero attached hydrogens (tertiary/aromatic N) is 2. The maximum atomic E-state index is 4.66. The van der Waals surface area contributed by atoms with E-state index in [-0.39, 0.29) is 5.54 Å². The molecule has 1 heterocycles. The van der Waals surface area contributed by atoms with Crippen molar-refractivity contribution in [1.82, 2.24) is 15.2 Å². The largest absolute Gasteiger partial charge is 0.306 e. The van der Waals surface area contributed by atoms with Crippen molar-refractivity contribution < 1.29 is 0 Å². The van der Waals surface area contributed by atoms with Crippen LogP contribution in [0.4, 0.5) is 0 Å². The molecule has 1 aromatic rings. The van der Waals surface area contributed by atoms with Crippen LogP contribution in [0, 0.1) is 0 Å². The first kappa shape index (κ1) is 14.6. The molecule has 0 saturated heterocycles. The second kappa shape index (κ2) is 6.47. The Labute approximate surface area is 109 Å². The zero-order chi connectivity index (χ0) is 12.9. The Morgan fingerprint density at radius 2 is 1.94 bits per heavy atom. The van der Waals surface area contributed by atoms with Gasteiger partial charge in [0.15, 0.2) is 0 Å². The Bertz CT molecular complexity index is 324. The van der Waals surface area contributed by atoms with Crippen molar-refractivity contribution in [1.29, 1.82) is 0 Å². The van der Waals surface area contributed by atoms with E-state index in [4.69, 9.17) is 0 Å². The Kier molecular flexibility index (Phi) is 5.56. The Morgan fingerprint density at radius 1 is 1.29 bits per heavy atom. The molecule has 0 amide bonds. The summed E-state index contributed by atoms with van der Waals surface area (Å²) in [5.74, 6) is 0. The molecular weight excluding hydrogens is 230 g/mol. The minimum Gasteiger partial charge on any atom is -0.306 e. The molecule has 0 saturated carbocycles. The van der Waals surface area contributed by atoms with E-state index in [1.165, 1.54) is 10.7 Å². The van der Waals surface area contributed by atoms with Crippen LogP contribution in [-0.4, -0.2) is 28.5 Å². The second-order valence-corrected chi connectivity index (χ2v) is 6.24. The van der Waals surface area contributed by atoms with Gasteiger partial charge in [-0.15, -0.1) is 11.3 Å². The molecular formula is C13H25N3S. The molecule has 4 heteroatoms. The monoisotopic (exact) mass is 255 g/mol. The summed E-state index contributed by atoms with van der Waals surface area (Å²) in [4.78, 5) is 7.05. The molecule has 3 nitrogen and oxygen atoms in total. The van der Waals surface area contributed by atoms with Crippen molar-refractivity contribution in [2.75, 3.05) is 13.1 Å². The highest BCUT2D eigenvalue weighted by molar-refractivity contribution is 7.09. The lowest BCUT2D eigenvalue weighted by atomic mass is 10.1. The average Bonchev–Trinajstić information content (AvgIpc) is 2.70. The van der Waals surface area contributed by atoms with E-state index in [0.29, 0.717) is 0 Å². The Morgan fingerprint density at radius 3 is 2.47 bits per heavy atom. The predicted molar refractivity (Wildman–Crippen MR) is 75.3 cm³/mol. The van der Waals surface area contributed by atoms with E-state index in [1.807, 2.05) is 0 Å². The minimum atomic E-state index is 0.157. The van der Waals surface area contributed by atoms with Gasteiger partial charge in [-0.05, 0) is 33.9 Å². The second-order valence-electron chi connectivity index (χ2n) is 5.30. The van der Waals surface area contributed by atoms with Gasteiger partial charge in [-0.25, -0.2) is 4.98 Å². The van der Waals surface area contributed by atoms with E-state index in [2.05, 4.69) is 55.2 Å². The fourth-order valence-electron chi connectivity index (χ4n) is 1.52. The van der Waals surface area contributed by atoms with Gasteiger partial charge in [0.2, 0.25) is 0 Å². The molecule has 0 spiro atoms. The number of rotatable bonds is 6. The standard InChI is InChI=1S/C13H25N3S/c1-6-16(7-2)9-11-10-17-12(15-11)8-14-13(3,4)5/h10,14H,6-9H2,1-5H3. The number of nitrogens with one attached hydrogen (secondary N) is 1. The molecule has 0 fully saturated rings. The lowest BCUT2D eigenvalue weighted by molar-refractivity contribution is 0.292. The number of hydrogen-bond acceptors (Lipinski definition) is 4. The van der Waals surface area contributed by atoms with Crippen molar-refractivity contribution in [2.24, 2.45) is 0 Å². The van der Waals surface area contributed by atoms with Crippen molar-refractivity contribution in [3.05, 3.63) is 16.1 Å². The van der Waals surface area contributed by atoms with Crippen molar-refractivity contribution in [3.63, 3.8) is 0 Å². The highest BCUT2D eigenvalue weighted by atomic mass is 32.1. The van der Waals surface area contributed by atoms with Crippen LogP contribution in [0.2, 0.25) is 0 Å². The van der Waals surface area contributed by atoms with E-state index in [9.17, 15) is 0 Å². The number of hydrogen-bond donors (Lipinski definition) is 1. The summed E-state index contributed by atoms with van der Waals surface area (Å²) in [6, 6.07) is 0. The topological polar surface area (TPSA) is 28.2 Å². The number of thiazole rings is 1. The maximum absolute atomic E-state index is 4.66. The molecule has 1 rings (SSSR count). The lowest BCUT2D eigenvalue weighted by Crippen LogP contribution is -2.35. The summed E-state index contributed by atoms with van der Waals surface area (Å²) in [7, 11) is 0. The van der Waals surface area contributed by atoms with Gasteiger partial charge in [0.25, 0.3) is 0 Å². The van der Waals surface area contributed by atoms with Gasteiger partial charge in [0, 0.05) is 24.0 Å². The molecule has 0 aromatic carbocycles. The first-order valence-corrected chi connectivity index (χ1v) is 7.23. The normalized spacial score (nSPS) is 12.4. The van der Waals surface area contributed by atoms with Crippen molar-refractivity contribution in [3.8, 4) is 0 Å². The number of aromatic nitrogens is 1. The third-order valence-corrected chi connectivity index (χ3v) is 3.55. The van der Waals surface area contributed by atoms with Crippen LogP contribution in [0.1, 0.15) is 45.3 Å². The highest BCUT2D eigenvalue weighted by Crippen LogP contribution is 2.13. The summed E-state index contributed by atoms with van der Waals surface area (Å²) in [5, 5.41) is 6.83. The van der Waals surface area contributed by atoms with Gasteiger partial charge < -0.3 is 5.32 Å². The summed E-state index contributed by atoms with van der Waals surface area (Å²) in [5.41, 5.74) is 1.36. The summed E-state index contributed by atoms with van der Waals surface area (Å²) >= 11 is 1.75. The Balaban J connectivity index is 2.48. The van der Waals surface area contributed by atoms with Crippen LogP contribution in [0.5, 0.6) is 0 Å². The molecule has 0 aliphatic rings. The molecule has 1 aromatic heterocycles. The summed E-state index contributed by atoms with van der Waals surface area (Å²) in [6.45, 7) is 14.9. The zero-order valence-electron chi connectivity index (χ0n) is 11.7. The molecule has 0 atom stereocenters.